The molecule has 2 fully saturated rings. The van der Waals surface area contributed by atoms with E-state index in [0.717, 1.165) is 48.8 Å². The molecule has 1 aliphatic carbocycles. The molecular formula is C20H20Cl2N4O. The van der Waals surface area contributed by atoms with E-state index in [-0.39, 0.29) is 0 Å². The molecular weight excluding hydrogens is 383 g/mol. The van der Waals surface area contributed by atoms with Crippen LogP contribution in [-0.4, -0.2) is 39.1 Å². The number of pyridine rings is 1. The lowest BCUT2D eigenvalue weighted by Crippen LogP contribution is -2.26. The predicted octanol–water partition coefficient (Wildman–Crippen LogP) is 4.03. The molecule has 0 spiro atoms. The normalized spacial score (nSPS) is 24.3. The summed E-state index contributed by atoms with van der Waals surface area (Å²) >= 11 is 12.1. The van der Waals surface area contributed by atoms with Crippen molar-refractivity contribution in [2.45, 2.75) is 6.54 Å². The van der Waals surface area contributed by atoms with Crippen molar-refractivity contribution in [1.82, 2.24) is 19.4 Å². The van der Waals surface area contributed by atoms with Gasteiger partial charge >= 0.3 is 0 Å². The smallest absolute Gasteiger partial charge is 0.137 e. The van der Waals surface area contributed by atoms with Crippen LogP contribution in [0.15, 0.2) is 36.7 Å². The number of benzene rings is 1. The molecule has 3 atom stereocenters. The van der Waals surface area contributed by atoms with Crippen LogP contribution in [0.25, 0.3) is 11.0 Å². The predicted molar refractivity (Wildman–Crippen MR) is 106 cm³/mol. The molecule has 3 heterocycles. The van der Waals surface area contributed by atoms with E-state index in [4.69, 9.17) is 32.9 Å². The molecule has 0 amide bonds. The molecule has 5 nitrogen and oxygen atoms in total. The van der Waals surface area contributed by atoms with Gasteiger partial charge in [0.05, 0.1) is 29.9 Å². The number of hydrogen-bond donors (Lipinski definition) is 0. The average Bonchev–Trinajstić information content (AvgIpc) is 2.98. The first kappa shape index (κ1) is 17.3. The van der Waals surface area contributed by atoms with Crippen LogP contribution in [0.1, 0.15) is 5.82 Å². The molecule has 7 heteroatoms. The number of ether oxygens (including phenoxy) is 1. The van der Waals surface area contributed by atoms with Gasteiger partial charge in [0.2, 0.25) is 0 Å². The third kappa shape index (κ3) is 3.18. The molecule has 1 aromatic carbocycles. The zero-order valence-electron chi connectivity index (χ0n) is 15.0. The molecule has 2 aliphatic rings. The van der Waals surface area contributed by atoms with Crippen LogP contribution in [0, 0.1) is 17.8 Å². The summed E-state index contributed by atoms with van der Waals surface area (Å²) in [6, 6.07) is 7.39. The Morgan fingerprint density at radius 3 is 2.74 bits per heavy atom. The highest BCUT2D eigenvalue weighted by Crippen LogP contribution is 2.52. The average molecular weight is 403 g/mol. The maximum Gasteiger partial charge on any atom is 0.137 e. The van der Waals surface area contributed by atoms with E-state index in [9.17, 15) is 0 Å². The summed E-state index contributed by atoms with van der Waals surface area (Å²) in [6.07, 6.45) is 3.64. The van der Waals surface area contributed by atoms with Gasteiger partial charge in [-0.2, -0.15) is 0 Å². The minimum Gasteiger partial charge on any atom is -0.492 e. The van der Waals surface area contributed by atoms with Gasteiger partial charge in [-0.1, -0.05) is 23.2 Å². The number of likely N-dealkylation sites (tertiary alicyclic amines) is 1. The number of hydrogen-bond acceptors (Lipinski definition) is 4. The van der Waals surface area contributed by atoms with Gasteiger partial charge in [0.15, 0.2) is 0 Å². The molecule has 1 saturated heterocycles. The lowest BCUT2D eigenvalue weighted by atomic mass is 10.2. The topological polar surface area (TPSA) is 43.2 Å². The Kier molecular flexibility index (Phi) is 4.26. The van der Waals surface area contributed by atoms with E-state index in [1.807, 2.05) is 30.6 Å². The van der Waals surface area contributed by atoms with E-state index < -0.39 is 0 Å². The van der Waals surface area contributed by atoms with Gasteiger partial charge < -0.3 is 9.30 Å². The first-order chi connectivity index (χ1) is 13.1. The fraction of sp³-hybridized carbons (Fsp3) is 0.400. The minimum atomic E-state index is 0.575. The van der Waals surface area contributed by atoms with E-state index in [2.05, 4.69) is 21.5 Å². The molecule has 0 radical (unpaired) electrons. The van der Waals surface area contributed by atoms with Crippen LogP contribution in [0.5, 0.6) is 5.75 Å². The maximum atomic E-state index is 6.18. The van der Waals surface area contributed by atoms with Crippen molar-refractivity contribution >= 4 is 34.2 Å². The van der Waals surface area contributed by atoms with Crippen molar-refractivity contribution in [3.05, 3.63) is 52.5 Å². The second kappa shape index (κ2) is 6.66. The lowest BCUT2D eigenvalue weighted by Gasteiger charge is -2.19. The van der Waals surface area contributed by atoms with Crippen molar-refractivity contribution in [3.8, 4) is 5.75 Å². The van der Waals surface area contributed by atoms with Gasteiger partial charge in [-0.25, -0.2) is 4.98 Å². The van der Waals surface area contributed by atoms with Crippen molar-refractivity contribution in [2.24, 2.45) is 24.8 Å². The quantitative estimate of drug-likeness (QED) is 0.645. The van der Waals surface area contributed by atoms with Crippen molar-refractivity contribution in [1.29, 1.82) is 0 Å². The zero-order chi connectivity index (χ0) is 18.5. The van der Waals surface area contributed by atoms with Crippen LogP contribution < -0.4 is 4.74 Å². The molecule has 0 N–H and O–H groups in total. The van der Waals surface area contributed by atoms with E-state index >= 15 is 0 Å². The maximum absolute atomic E-state index is 6.18. The van der Waals surface area contributed by atoms with Crippen LogP contribution >= 0.6 is 23.2 Å². The Labute approximate surface area is 167 Å². The highest BCUT2D eigenvalue weighted by molar-refractivity contribution is 6.35. The van der Waals surface area contributed by atoms with E-state index in [1.54, 1.807) is 6.07 Å². The molecule has 27 heavy (non-hydrogen) atoms. The SMILES string of the molecule is Cn1c(CN2C[C@@H]3C(COc4ccc(Cl)cc4Cl)[C@@H]3C2)nc2cnccc21. The van der Waals surface area contributed by atoms with Crippen molar-refractivity contribution in [2.75, 3.05) is 19.7 Å². The molecule has 2 aromatic heterocycles. The summed E-state index contributed by atoms with van der Waals surface area (Å²) in [4.78, 5) is 11.4. The van der Waals surface area contributed by atoms with Gasteiger partial charge in [0, 0.05) is 37.3 Å². The lowest BCUT2D eigenvalue weighted by molar-refractivity contribution is 0.226. The molecule has 3 aromatic rings. The van der Waals surface area contributed by atoms with Gasteiger partial charge in [0.25, 0.3) is 0 Å². The number of rotatable bonds is 5. The van der Waals surface area contributed by atoms with Gasteiger partial charge in [0.1, 0.15) is 17.1 Å². The molecule has 1 unspecified atom stereocenters. The number of halogens is 2. The van der Waals surface area contributed by atoms with Gasteiger partial charge in [-0.15, -0.1) is 0 Å². The number of aromatic nitrogens is 3. The second-order valence-electron chi connectivity index (χ2n) is 7.52. The van der Waals surface area contributed by atoms with E-state index in [0.29, 0.717) is 27.8 Å². The summed E-state index contributed by atoms with van der Waals surface area (Å²) in [5, 5.41) is 1.20. The third-order valence-electron chi connectivity index (χ3n) is 5.91. The second-order valence-corrected chi connectivity index (χ2v) is 8.37. The summed E-state index contributed by atoms with van der Waals surface area (Å²) in [7, 11) is 2.08. The van der Waals surface area contributed by atoms with Crippen molar-refractivity contribution in [3.63, 3.8) is 0 Å². The molecule has 0 bridgehead atoms. The monoisotopic (exact) mass is 402 g/mol. The molecule has 5 rings (SSSR count). The number of aryl methyl sites for hydroxylation is 1. The Hall–Kier alpha value is -1.82. The highest BCUT2D eigenvalue weighted by atomic mass is 35.5. The van der Waals surface area contributed by atoms with Crippen LogP contribution in [0.3, 0.4) is 0 Å². The summed E-state index contributed by atoms with van der Waals surface area (Å²) < 4.78 is 8.10. The van der Waals surface area contributed by atoms with Gasteiger partial charge in [-0.3, -0.25) is 9.88 Å². The Morgan fingerprint density at radius 1 is 1.19 bits per heavy atom. The fourth-order valence-electron chi connectivity index (χ4n) is 4.33. The first-order valence-corrected chi connectivity index (χ1v) is 9.91. The number of fused-ring (bicyclic) bond motifs is 2. The number of piperidine rings is 1. The molecule has 1 saturated carbocycles. The minimum absolute atomic E-state index is 0.575. The summed E-state index contributed by atoms with van der Waals surface area (Å²) in [6.45, 7) is 3.82. The summed E-state index contributed by atoms with van der Waals surface area (Å²) in [5.74, 6) is 3.87. The van der Waals surface area contributed by atoms with Crippen LogP contribution in [0.2, 0.25) is 10.0 Å². The number of nitrogens with zero attached hydrogens (tertiary/aromatic N) is 4. The molecule has 140 valence electrons. The fourth-order valence-corrected chi connectivity index (χ4v) is 4.80. The number of imidazole rings is 1. The standard InChI is InChI=1S/C20H20Cl2N4O/c1-25-18-4-5-23-7-17(18)24-20(25)10-26-8-13-14(9-26)15(13)11-27-19-3-2-12(21)6-16(19)22/h2-7,13-15H,8-11H2,1H3/t13-,14+,15?. The third-order valence-corrected chi connectivity index (χ3v) is 6.44. The Morgan fingerprint density at radius 2 is 2.00 bits per heavy atom. The van der Waals surface area contributed by atoms with Crippen LogP contribution in [0.4, 0.5) is 0 Å². The largest absolute Gasteiger partial charge is 0.492 e. The molecule has 1 aliphatic heterocycles. The Balaban J connectivity index is 1.17. The zero-order valence-corrected chi connectivity index (χ0v) is 16.5. The highest BCUT2D eigenvalue weighted by Gasteiger charge is 2.55. The first-order valence-electron chi connectivity index (χ1n) is 9.15. The van der Waals surface area contributed by atoms with Gasteiger partial charge in [-0.05, 0) is 36.1 Å². The van der Waals surface area contributed by atoms with Crippen LogP contribution in [-0.2, 0) is 13.6 Å². The van der Waals surface area contributed by atoms with E-state index in [1.165, 1.54) is 0 Å². The Bertz CT molecular complexity index is 993. The van der Waals surface area contributed by atoms with Crippen molar-refractivity contribution < 1.29 is 4.74 Å². The summed E-state index contributed by atoms with van der Waals surface area (Å²) in [5.41, 5.74) is 2.10.